The first kappa shape index (κ1) is 10.2. The molecule has 0 aliphatic heterocycles. The second-order valence-electron chi connectivity index (χ2n) is 2.03. The van der Waals surface area contributed by atoms with E-state index in [9.17, 15) is 0 Å². The summed E-state index contributed by atoms with van der Waals surface area (Å²) in [6.45, 7) is 8.15. The average Bonchev–Trinajstić information content (AvgIpc) is 2.04. The van der Waals surface area contributed by atoms with Gasteiger partial charge >= 0.3 is 0 Å². The summed E-state index contributed by atoms with van der Waals surface area (Å²) in [6.07, 6.45) is 3.08. The highest BCUT2D eigenvalue weighted by Crippen LogP contribution is 1.82. The molecule has 0 rings (SSSR count). The van der Waals surface area contributed by atoms with Crippen LogP contribution in [0.1, 0.15) is 6.42 Å². The van der Waals surface area contributed by atoms with Crippen molar-refractivity contribution in [3.63, 3.8) is 0 Å². The monoisotopic (exact) mass is 157 g/mol. The smallest absolute Gasteiger partial charge is 0.123 e. The maximum atomic E-state index is 8.92. The quantitative estimate of drug-likeness (QED) is 0.246. The van der Waals surface area contributed by atoms with Gasteiger partial charge < -0.3 is 9.84 Å². The van der Waals surface area contributed by atoms with Gasteiger partial charge in [-0.1, -0.05) is 13.2 Å². The van der Waals surface area contributed by atoms with Crippen LogP contribution < -0.4 is 5.32 Å². The molecule has 0 aromatic carbocycles. The van der Waals surface area contributed by atoms with Crippen LogP contribution in [0.3, 0.4) is 0 Å². The molecule has 3 nitrogen and oxygen atoms in total. The van der Waals surface area contributed by atoms with Gasteiger partial charge in [-0.15, -0.1) is 0 Å². The number of aliphatic hydroxyl groups excluding tert-OH is 1. The van der Waals surface area contributed by atoms with Crippen LogP contribution in [-0.2, 0) is 4.74 Å². The molecule has 0 amide bonds. The summed E-state index contributed by atoms with van der Waals surface area (Å²) in [5.74, 6) is 0. The lowest BCUT2D eigenvalue weighted by Crippen LogP contribution is -2.27. The van der Waals surface area contributed by atoms with E-state index in [0.717, 1.165) is 6.42 Å². The number of rotatable bonds is 7. The van der Waals surface area contributed by atoms with Gasteiger partial charge in [0.2, 0.25) is 0 Å². The molecule has 0 aromatic rings. The van der Waals surface area contributed by atoms with Crippen LogP contribution in [-0.4, -0.2) is 24.5 Å². The Labute approximate surface area is 67.4 Å². The van der Waals surface area contributed by atoms with Gasteiger partial charge in [0, 0.05) is 6.54 Å². The number of aliphatic hydroxyl groups is 1. The largest absolute Gasteiger partial charge is 0.502 e. The summed E-state index contributed by atoms with van der Waals surface area (Å²) >= 11 is 0. The second-order valence-corrected chi connectivity index (χ2v) is 2.03. The van der Waals surface area contributed by atoms with Crippen molar-refractivity contribution in [1.82, 2.24) is 5.32 Å². The van der Waals surface area contributed by atoms with Crippen molar-refractivity contribution >= 4 is 0 Å². The highest BCUT2D eigenvalue weighted by molar-refractivity contribution is 4.75. The molecule has 0 bridgehead atoms. The van der Waals surface area contributed by atoms with Crippen molar-refractivity contribution in [2.45, 2.75) is 12.6 Å². The van der Waals surface area contributed by atoms with Crippen molar-refractivity contribution in [3.8, 4) is 0 Å². The SMILES string of the molecule is C=COCCCNC(O)C=C. The predicted octanol–water partition coefficient (Wildman–Crippen LogP) is 0.631. The minimum Gasteiger partial charge on any atom is -0.502 e. The lowest BCUT2D eigenvalue weighted by molar-refractivity contribution is 0.176. The second kappa shape index (κ2) is 7.31. The molecule has 0 radical (unpaired) electrons. The van der Waals surface area contributed by atoms with Crippen molar-refractivity contribution in [1.29, 1.82) is 0 Å². The third kappa shape index (κ3) is 7.09. The number of hydrogen-bond acceptors (Lipinski definition) is 3. The van der Waals surface area contributed by atoms with E-state index in [-0.39, 0.29) is 0 Å². The maximum absolute atomic E-state index is 8.92. The third-order valence-corrected chi connectivity index (χ3v) is 1.13. The minimum atomic E-state index is -0.612. The zero-order valence-electron chi connectivity index (χ0n) is 6.62. The summed E-state index contributed by atoms with van der Waals surface area (Å²) in [5.41, 5.74) is 0. The van der Waals surface area contributed by atoms with Crippen LogP contribution in [0.5, 0.6) is 0 Å². The molecule has 0 fully saturated rings. The topological polar surface area (TPSA) is 41.5 Å². The molecule has 0 aromatic heterocycles. The standard InChI is InChI=1S/C8H15NO2/c1-3-8(10)9-6-5-7-11-4-2/h3-4,8-10H,1-2,5-7H2. The molecule has 64 valence electrons. The summed E-state index contributed by atoms with van der Waals surface area (Å²) in [6, 6.07) is 0. The predicted molar refractivity (Wildman–Crippen MR) is 45.0 cm³/mol. The first-order chi connectivity index (χ1) is 5.31. The van der Waals surface area contributed by atoms with Crippen LogP contribution in [0, 0.1) is 0 Å². The van der Waals surface area contributed by atoms with Crippen molar-refractivity contribution in [3.05, 3.63) is 25.5 Å². The minimum absolute atomic E-state index is 0.612. The van der Waals surface area contributed by atoms with E-state index in [1.807, 2.05) is 0 Å². The van der Waals surface area contributed by atoms with Gasteiger partial charge in [0.1, 0.15) is 6.23 Å². The molecule has 1 atom stereocenters. The Kier molecular flexibility index (Phi) is 6.78. The zero-order valence-corrected chi connectivity index (χ0v) is 6.62. The zero-order chi connectivity index (χ0) is 8.53. The van der Waals surface area contributed by atoms with Gasteiger partial charge in [-0.05, 0) is 12.5 Å². The fourth-order valence-electron chi connectivity index (χ4n) is 0.572. The number of hydrogen-bond donors (Lipinski definition) is 2. The lowest BCUT2D eigenvalue weighted by atomic mass is 10.4. The molecule has 0 saturated heterocycles. The Morgan fingerprint density at radius 2 is 2.27 bits per heavy atom. The van der Waals surface area contributed by atoms with E-state index < -0.39 is 6.23 Å². The third-order valence-electron chi connectivity index (χ3n) is 1.13. The van der Waals surface area contributed by atoms with Crippen molar-refractivity contribution < 1.29 is 9.84 Å². The van der Waals surface area contributed by atoms with E-state index >= 15 is 0 Å². The summed E-state index contributed by atoms with van der Waals surface area (Å²) < 4.78 is 4.87. The molecule has 0 heterocycles. The van der Waals surface area contributed by atoms with Gasteiger partial charge in [0.25, 0.3) is 0 Å². The van der Waals surface area contributed by atoms with E-state index in [0.29, 0.717) is 13.2 Å². The normalized spacial score (nSPS) is 12.1. The van der Waals surface area contributed by atoms with E-state index in [4.69, 9.17) is 9.84 Å². The van der Waals surface area contributed by atoms with Crippen LogP contribution in [0.15, 0.2) is 25.5 Å². The summed E-state index contributed by atoms with van der Waals surface area (Å²) in [5, 5.41) is 11.7. The number of nitrogens with one attached hydrogen (secondary N) is 1. The molecule has 1 unspecified atom stereocenters. The van der Waals surface area contributed by atoms with E-state index in [1.165, 1.54) is 12.3 Å². The Hall–Kier alpha value is -0.800. The van der Waals surface area contributed by atoms with Crippen LogP contribution >= 0.6 is 0 Å². The molecule has 11 heavy (non-hydrogen) atoms. The molecule has 0 saturated carbocycles. The molecule has 2 N–H and O–H groups in total. The summed E-state index contributed by atoms with van der Waals surface area (Å²) in [7, 11) is 0. The van der Waals surface area contributed by atoms with Crippen LogP contribution in [0.2, 0.25) is 0 Å². The molecule has 3 heteroatoms. The Bertz CT molecular complexity index is 115. The Morgan fingerprint density at radius 1 is 1.55 bits per heavy atom. The molecule has 0 aliphatic carbocycles. The Morgan fingerprint density at radius 3 is 2.82 bits per heavy atom. The Balaban J connectivity index is 3.01. The first-order valence-electron chi connectivity index (χ1n) is 3.57. The average molecular weight is 157 g/mol. The van der Waals surface area contributed by atoms with Crippen LogP contribution in [0.4, 0.5) is 0 Å². The highest BCUT2D eigenvalue weighted by atomic mass is 16.5. The van der Waals surface area contributed by atoms with Gasteiger partial charge in [-0.3, -0.25) is 5.32 Å². The molecular weight excluding hydrogens is 142 g/mol. The van der Waals surface area contributed by atoms with Gasteiger partial charge in [-0.25, -0.2) is 0 Å². The van der Waals surface area contributed by atoms with Crippen LogP contribution in [0.25, 0.3) is 0 Å². The van der Waals surface area contributed by atoms with Gasteiger partial charge in [0.05, 0.1) is 12.9 Å². The highest BCUT2D eigenvalue weighted by Gasteiger charge is 1.93. The first-order valence-corrected chi connectivity index (χ1v) is 3.57. The fraction of sp³-hybridized carbons (Fsp3) is 0.500. The van der Waals surface area contributed by atoms with Crippen molar-refractivity contribution in [2.75, 3.05) is 13.2 Å². The maximum Gasteiger partial charge on any atom is 0.123 e. The van der Waals surface area contributed by atoms with Crippen molar-refractivity contribution in [2.24, 2.45) is 0 Å². The fourth-order valence-corrected chi connectivity index (χ4v) is 0.572. The van der Waals surface area contributed by atoms with E-state index in [1.54, 1.807) is 0 Å². The summed E-state index contributed by atoms with van der Waals surface area (Å²) in [4.78, 5) is 0. The molecule has 0 aliphatic rings. The molecular formula is C8H15NO2. The van der Waals surface area contributed by atoms with E-state index in [2.05, 4.69) is 18.5 Å². The van der Waals surface area contributed by atoms with Gasteiger partial charge in [0.15, 0.2) is 0 Å². The molecule has 0 spiro atoms. The van der Waals surface area contributed by atoms with Gasteiger partial charge in [-0.2, -0.15) is 0 Å². The number of ether oxygens (including phenoxy) is 1. The lowest BCUT2D eigenvalue weighted by Gasteiger charge is -2.06.